The predicted octanol–water partition coefficient (Wildman–Crippen LogP) is 3.11. The number of carbonyl (C=O) groups excluding carboxylic acids is 1. The maximum absolute atomic E-state index is 11.8. The molecule has 0 saturated carbocycles. The first-order chi connectivity index (χ1) is 9.29. The number of ether oxygens (including phenoxy) is 3. The van der Waals surface area contributed by atoms with Gasteiger partial charge in [0.2, 0.25) is 5.76 Å². The highest BCUT2D eigenvalue weighted by molar-refractivity contribution is 5.86. The minimum Gasteiger partial charge on any atom is -0.465 e. The first-order valence-corrected chi connectivity index (χ1v) is 6.23. The lowest BCUT2D eigenvalue weighted by Crippen LogP contribution is -2.11. The van der Waals surface area contributed by atoms with E-state index in [2.05, 4.69) is 0 Å². The summed E-state index contributed by atoms with van der Waals surface area (Å²) >= 11 is 0. The molecule has 0 N–H and O–H groups in total. The van der Waals surface area contributed by atoms with Crippen molar-refractivity contribution in [1.29, 1.82) is 0 Å². The number of hydrogen-bond acceptors (Lipinski definition) is 4. The minimum absolute atomic E-state index is 0.0598. The molecule has 19 heavy (non-hydrogen) atoms. The van der Waals surface area contributed by atoms with E-state index in [1.54, 1.807) is 6.92 Å². The van der Waals surface area contributed by atoms with Crippen LogP contribution in [0, 0.1) is 0 Å². The van der Waals surface area contributed by atoms with Crippen molar-refractivity contribution in [2.24, 2.45) is 0 Å². The van der Waals surface area contributed by atoms with E-state index in [9.17, 15) is 4.79 Å². The molecule has 0 spiro atoms. The molecular formula is C15H16O4. The summed E-state index contributed by atoms with van der Waals surface area (Å²) in [7, 11) is 0. The molecule has 0 radical (unpaired) electrons. The molecule has 0 bridgehead atoms. The summed E-state index contributed by atoms with van der Waals surface area (Å²) < 4.78 is 15.8. The molecular weight excluding hydrogens is 244 g/mol. The molecule has 0 fully saturated rings. The van der Waals surface area contributed by atoms with Crippen LogP contribution in [0.25, 0.3) is 0 Å². The van der Waals surface area contributed by atoms with E-state index in [1.807, 2.05) is 36.5 Å². The Balaban J connectivity index is 1.99. The van der Waals surface area contributed by atoms with Gasteiger partial charge in [0, 0.05) is 12.8 Å². The van der Waals surface area contributed by atoms with Crippen LogP contribution in [0.2, 0.25) is 0 Å². The van der Waals surface area contributed by atoms with Gasteiger partial charge in [-0.15, -0.1) is 0 Å². The Morgan fingerprint density at radius 1 is 1.21 bits per heavy atom. The lowest BCUT2D eigenvalue weighted by molar-refractivity contribution is -0.142. The molecule has 4 heteroatoms. The van der Waals surface area contributed by atoms with E-state index in [4.69, 9.17) is 14.2 Å². The third-order valence-corrected chi connectivity index (χ3v) is 2.51. The van der Waals surface area contributed by atoms with Crippen LogP contribution in [0.15, 0.2) is 60.0 Å². The molecule has 0 atom stereocenters. The number of carbonyl (C=O) groups is 1. The lowest BCUT2D eigenvalue weighted by atomic mass is 10.4. The van der Waals surface area contributed by atoms with Gasteiger partial charge in [0.25, 0.3) is 0 Å². The second-order valence-corrected chi connectivity index (χ2v) is 3.95. The van der Waals surface area contributed by atoms with E-state index in [0.717, 1.165) is 12.2 Å². The molecule has 0 unspecified atom stereocenters. The van der Waals surface area contributed by atoms with Crippen LogP contribution in [0.1, 0.15) is 19.8 Å². The Hall–Kier alpha value is -2.23. The van der Waals surface area contributed by atoms with Crippen molar-refractivity contribution in [3.63, 3.8) is 0 Å². The number of hydrogen-bond donors (Lipinski definition) is 0. The summed E-state index contributed by atoms with van der Waals surface area (Å²) in [5.74, 6) is 0.997. The average Bonchev–Trinajstić information content (AvgIpc) is 3.08. The van der Waals surface area contributed by atoms with Crippen molar-refractivity contribution in [3.05, 3.63) is 60.0 Å². The highest BCUT2D eigenvalue weighted by atomic mass is 16.6. The Bertz CT molecular complexity index is 492. The van der Waals surface area contributed by atoms with Crippen LogP contribution in [0.5, 0.6) is 0 Å². The van der Waals surface area contributed by atoms with Crippen molar-refractivity contribution in [1.82, 2.24) is 0 Å². The highest BCUT2D eigenvalue weighted by Gasteiger charge is 2.16. The summed E-state index contributed by atoms with van der Waals surface area (Å²) in [6, 6.07) is 0. The van der Waals surface area contributed by atoms with Gasteiger partial charge in [0.05, 0.1) is 6.61 Å². The second kappa shape index (κ2) is 6.64. The number of allylic oxidation sites excluding steroid dienone is 6. The standard InChI is InChI=1S/C15H16O4/c1-2-17-15(16)14(19-13-9-5-6-10-13)11-18-12-7-3-4-8-12/h3-7,9,11H,2,8,10H2,1H3/b14-11+. The van der Waals surface area contributed by atoms with Crippen LogP contribution in [-0.2, 0) is 19.0 Å². The number of esters is 1. The van der Waals surface area contributed by atoms with Crippen molar-refractivity contribution in [2.45, 2.75) is 19.8 Å². The van der Waals surface area contributed by atoms with Gasteiger partial charge in [0.1, 0.15) is 17.8 Å². The summed E-state index contributed by atoms with van der Waals surface area (Å²) in [5.41, 5.74) is 0. The fourth-order valence-corrected chi connectivity index (χ4v) is 1.60. The van der Waals surface area contributed by atoms with E-state index >= 15 is 0 Å². The maximum atomic E-state index is 11.8. The summed E-state index contributed by atoms with van der Waals surface area (Å²) in [6.07, 6.45) is 14.0. The molecule has 2 aliphatic rings. The Labute approximate surface area is 112 Å². The van der Waals surface area contributed by atoms with Gasteiger partial charge in [-0.2, -0.15) is 0 Å². The first kappa shape index (κ1) is 13.2. The van der Waals surface area contributed by atoms with Crippen molar-refractivity contribution in [2.75, 3.05) is 6.61 Å². The van der Waals surface area contributed by atoms with E-state index < -0.39 is 5.97 Å². The fraction of sp³-hybridized carbons (Fsp3) is 0.267. The molecule has 0 aromatic carbocycles. The van der Waals surface area contributed by atoms with Crippen molar-refractivity contribution >= 4 is 5.97 Å². The molecule has 0 heterocycles. The lowest BCUT2D eigenvalue weighted by Gasteiger charge is -2.10. The minimum atomic E-state index is -0.526. The SMILES string of the molecule is CCOC(=O)/C(=C\OC1=CC=CC1)OC1=CC=CC1. The molecule has 0 aliphatic heterocycles. The smallest absolute Gasteiger partial charge is 0.377 e. The molecule has 4 nitrogen and oxygen atoms in total. The first-order valence-electron chi connectivity index (χ1n) is 6.23. The van der Waals surface area contributed by atoms with Crippen LogP contribution < -0.4 is 0 Å². The van der Waals surface area contributed by atoms with E-state index in [1.165, 1.54) is 6.26 Å². The molecule has 100 valence electrons. The van der Waals surface area contributed by atoms with Gasteiger partial charge in [-0.1, -0.05) is 24.3 Å². The van der Waals surface area contributed by atoms with Gasteiger partial charge in [-0.05, 0) is 19.1 Å². The fourth-order valence-electron chi connectivity index (χ4n) is 1.60. The average molecular weight is 260 g/mol. The van der Waals surface area contributed by atoms with Crippen molar-refractivity contribution in [3.8, 4) is 0 Å². The quantitative estimate of drug-likeness (QED) is 0.418. The Morgan fingerprint density at radius 2 is 1.89 bits per heavy atom. The topological polar surface area (TPSA) is 44.8 Å². The molecule has 0 saturated heterocycles. The number of rotatable bonds is 6. The normalized spacial score (nSPS) is 17.2. The molecule has 2 aliphatic carbocycles. The van der Waals surface area contributed by atoms with Crippen LogP contribution in [-0.4, -0.2) is 12.6 Å². The largest absolute Gasteiger partial charge is 0.465 e. The van der Waals surface area contributed by atoms with E-state index in [0.29, 0.717) is 18.8 Å². The second-order valence-electron chi connectivity index (χ2n) is 3.95. The van der Waals surface area contributed by atoms with Gasteiger partial charge < -0.3 is 14.2 Å². The maximum Gasteiger partial charge on any atom is 0.377 e. The summed E-state index contributed by atoms with van der Waals surface area (Å²) in [6.45, 7) is 2.04. The summed E-state index contributed by atoms with van der Waals surface area (Å²) in [5, 5.41) is 0. The van der Waals surface area contributed by atoms with Gasteiger partial charge in [-0.3, -0.25) is 0 Å². The predicted molar refractivity (Wildman–Crippen MR) is 70.6 cm³/mol. The zero-order valence-electron chi connectivity index (χ0n) is 10.8. The van der Waals surface area contributed by atoms with Gasteiger partial charge in [0.15, 0.2) is 0 Å². The van der Waals surface area contributed by atoms with Crippen LogP contribution in [0.3, 0.4) is 0 Å². The zero-order valence-corrected chi connectivity index (χ0v) is 10.8. The third-order valence-electron chi connectivity index (χ3n) is 2.51. The summed E-state index contributed by atoms with van der Waals surface area (Å²) in [4.78, 5) is 11.8. The van der Waals surface area contributed by atoms with Gasteiger partial charge in [-0.25, -0.2) is 4.79 Å². The highest BCUT2D eigenvalue weighted by Crippen LogP contribution is 2.19. The third kappa shape index (κ3) is 3.88. The molecule has 2 rings (SSSR count). The van der Waals surface area contributed by atoms with E-state index in [-0.39, 0.29) is 5.76 Å². The van der Waals surface area contributed by atoms with Crippen LogP contribution in [0.4, 0.5) is 0 Å². The van der Waals surface area contributed by atoms with Crippen molar-refractivity contribution < 1.29 is 19.0 Å². The molecule has 0 amide bonds. The zero-order chi connectivity index (χ0) is 13.5. The molecule has 0 aromatic rings. The Morgan fingerprint density at radius 3 is 2.47 bits per heavy atom. The Kier molecular flexibility index (Phi) is 4.61. The van der Waals surface area contributed by atoms with Gasteiger partial charge >= 0.3 is 5.97 Å². The molecule has 0 aromatic heterocycles. The monoisotopic (exact) mass is 260 g/mol. The van der Waals surface area contributed by atoms with Crippen LogP contribution >= 0.6 is 0 Å².